The first kappa shape index (κ1) is 23.0. The number of halogens is 1. The summed E-state index contributed by atoms with van der Waals surface area (Å²) in [4.78, 5) is 27.4. The molecule has 0 unspecified atom stereocenters. The molecule has 32 heavy (non-hydrogen) atoms. The number of hydrogen-bond acceptors (Lipinski definition) is 3. The molecule has 0 spiro atoms. The van der Waals surface area contributed by atoms with Crippen LogP contribution < -0.4 is 10.1 Å². The minimum Gasteiger partial charge on any atom is -0.496 e. The average Bonchev–Trinajstić information content (AvgIpc) is 2.81. The van der Waals surface area contributed by atoms with Gasteiger partial charge in [0.1, 0.15) is 17.6 Å². The fourth-order valence-corrected chi connectivity index (χ4v) is 3.56. The predicted molar refractivity (Wildman–Crippen MR) is 121 cm³/mol. The van der Waals surface area contributed by atoms with E-state index in [2.05, 4.69) is 5.32 Å². The molecule has 0 heterocycles. The molecule has 0 bridgehead atoms. The van der Waals surface area contributed by atoms with Crippen LogP contribution in [0.1, 0.15) is 23.6 Å². The zero-order valence-electron chi connectivity index (χ0n) is 18.3. The highest BCUT2D eigenvalue weighted by molar-refractivity contribution is 5.87. The zero-order chi connectivity index (χ0) is 22.9. The smallest absolute Gasteiger partial charge is 0.243 e. The van der Waals surface area contributed by atoms with Gasteiger partial charge >= 0.3 is 0 Å². The number of carbonyl (C=O) groups excluding carboxylic acids is 2. The van der Waals surface area contributed by atoms with Gasteiger partial charge in [-0.3, -0.25) is 9.59 Å². The molecule has 3 rings (SSSR count). The van der Waals surface area contributed by atoms with Crippen molar-refractivity contribution in [2.75, 3.05) is 7.11 Å². The number of para-hydroxylation sites is 1. The third-order valence-electron chi connectivity index (χ3n) is 5.27. The Morgan fingerprint density at radius 3 is 2.25 bits per heavy atom. The van der Waals surface area contributed by atoms with Crippen LogP contribution in [0, 0.1) is 5.82 Å². The summed E-state index contributed by atoms with van der Waals surface area (Å²) in [6, 6.07) is 22.2. The van der Waals surface area contributed by atoms with E-state index < -0.39 is 6.04 Å². The number of benzene rings is 3. The first-order valence-electron chi connectivity index (χ1n) is 10.4. The van der Waals surface area contributed by atoms with Crippen molar-refractivity contribution in [1.29, 1.82) is 0 Å². The molecule has 1 N–H and O–H groups in total. The van der Waals surface area contributed by atoms with E-state index in [-0.39, 0.29) is 30.7 Å². The Bertz CT molecular complexity index is 1040. The fraction of sp³-hybridized carbons (Fsp3) is 0.231. The number of nitrogens with zero attached hydrogens (tertiary/aromatic N) is 1. The van der Waals surface area contributed by atoms with Gasteiger partial charge in [0.15, 0.2) is 0 Å². The van der Waals surface area contributed by atoms with Gasteiger partial charge < -0.3 is 15.0 Å². The second kappa shape index (κ2) is 11.1. The molecular weight excluding hydrogens is 407 g/mol. The molecule has 0 aromatic heterocycles. The fourth-order valence-electron chi connectivity index (χ4n) is 3.56. The number of ether oxygens (including phenoxy) is 1. The summed E-state index contributed by atoms with van der Waals surface area (Å²) in [5.41, 5.74) is 2.53. The lowest BCUT2D eigenvalue weighted by Crippen LogP contribution is -2.49. The Balaban J connectivity index is 1.84. The van der Waals surface area contributed by atoms with Crippen LogP contribution in [0.2, 0.25) is 0 Å². The molecule has 0 aliphatic heterocycles. The lowest BCUT2D eigenvalue weighted by Gasteiger charge is -2.30. The van der Waals surface area contributed by atoms with Gasteiger partial charge in [0.25, 0.3) is 0 Å². The van der Waals surface area contributed by atoms with Gasteiger partial charge in [-0.25, -0.2) is 4.39 Å². The Morgan fingerprint density at radius 1 is 0.938 bits per heavy atom. The molecule has 0 fully saturated rings. The third kappa shape index (κ3) is 6.17. The summed E-state index contributed by atoms with van der Waals surface area (Å²) in [7, 11) is 1.58. The number of carbonyl (C=O) groups is 2. The molecule has 0 saturated heterocycles. The molecular formula is C26H27FN2O3. The summed E-state index contributed by atoms with van der Waals surface area (Å²) < 4.78 is 18.7. The summed E-state index contributed by atoms with van der Waals surface area (Å²) in [6.45, 7) is 1.92. The minimum atomic E-state index is -0.727. The predicted octanol–water partition coefficient (Wildman–Crippen LogP) is 4.11. The van der Waals surface area contributed by atoms with Gasteiger partial charge in [-0.05, 0) is 29.3 Å². The molecule has 166 valence electrons. The van der Waals surface area contributed by atoms with E-state index in [1.807, 2.05) is 54.6 Å². The van der Waals surface area contributed by atoms with Gasteiger partial charge in [-0.2, -0.15) is 0 Å². The van der Waals surface area contributed by atoms with E-state index in [1.165, 1.54) is 24.0 Å². The van der Waals surface area contributed by atoms with Crippen LogP contribution in [-0.4, -0.2) is 29.9 Å². The van der Waals surface area contributed by atoms with Gasteiger partial charge in [0, 0.05) is 32.0 Å². The van der Waals surface area contributed by atoms with Crippen LogP contribution in [0.15, 0.2) is 78.9 Å². The van der Waals surface area contributed by atoms with Gasteiger partial charge in [0.05, 0.1) is 7.11 Å². The molecule has 3 aromatic carbocycles. The standard InChI is InChI=1S/C26H27FN2O3/c1-19(30)29(18-21-12-14-23(27)15-13-21)24(16-20-8-4-3-5-9-20)26(31)28-17-22-10-6-7-11-25(22)32-2/h3-15,24H,16-18H2,1-2H3,(H,28,31)/t24-/m0/s1. The Labute approximate surface area is 187 Å². The summed E-state index contributed by atoms with van der Waals surface area (Å²) in [5, 5.41) is 2.95. The molecule has 0 aliphatic carbocycles. The van der Waals surface area contributed by atoms with E-state index in [9.17, 15) is 14.0 Å². The van der Waals surface area contributed by atoms with Crippen LogP contribution in [0.4, 0.5) is 4.39 Å². The zero-order valence-corrected chi connectivity index (χ0v) is 18.3. The quantitative estimate of drug-likeness (QED) is 0.551. The maximum atomic E-state index is 13.3. The molecule has 0 saturated carbocycles. The molecule has 3 aromatic rings. The van der Waals surface area contributed by atoms with Crippen molar-refractivity contribution >= 4 is 11.8 Å². The van der Waals surface area contributed by atoms with Crippen LogP contribution in [0.25, 0.3) is 0 Å². The van der Waals surface area contributed by atoms with Crippen molar-refractivity contribution in [1.82, 2.24) is 10.2 Å². The molecule has 2 amide bonds. The molecule has 1 atom stereocenters. The van der Waals surface area contributed by atoms with Crippen LogP contribution in [-0.2, 0) is 29.1 Å². The van der Waals surface area contributed by atoms with Crippen molar-refractivity contribution in [3.8, 4) is 5.75 Å². The number of amides is 2. The third-order valence-corrected chi connectivity index (χ3v) is 5.27. The van der Waals surface area contributed by atoms with Crippen molar-refractivity contribution < 1.29 is 18.7 Å². The normalized spacial score (nSPS) is 11.5. The first-order valence-corrected chi connectivity index (χ1v) is 10.4. The lowest BCUT2D eigenvalue weighted by atomic mass is 10.0. The summed E-state index contributed by atoms with van der Waals surface area (Å²) >= 11 is 0. The van der Waals surface area contributed by atoms with E-state index >= 15 is 0 Å². The van der Waals surface area contributed by atoms with Gasteiger partial charge in [-0.1, -0.05) is 60.7 Å². The maximum Gasteiger partial charge on any atom is 0.243 e. The molecule has 0 radical (unpaired) electrons. The number of rotatable bonds is 9. The SMILES string of the molecule is COc1ccccc1CNC(=O)[C@H](Cc1ccccc1)N(Cc1ccc(F)cc1)C(C)=O. The van der Waals surface area contributed by atoms with Crippen molar-refractivity contribution in [3.63, 3.8) is 0 Å². The van der Waals surface area contributed by atoms with E-state index in [0.29, 0.717) is 12.2 Å². The number of nitrogens with one attached hydrogen (secondary N) is 1. The van der Waals surface area contributed by atoms with Gasteiger partial charge in [-0.15, -0.1) is 0 Å². The Kier molecular flexibility index (Phi) is 7.97. The van der Waals surface area contributed by atoms with Crippen LogP contribution in [0.5, 0.6) is 5.75 Å². The Hall–Kier alpha value is -3.67. The van der Waals surface area contributed by atoms with E-state index in [0.717, 1.165) is 16.7 Å². The highest BCUT2D eigenvalue weighted by Crippen LogP contribution is 2.18. The second-order valence-electron chi connectivity index (χ2n) is 7.51. The average molecular weight is 435 g/mol. The maximum absolute atomic E-state index is 13.3. The topological polar surface area (TPSA) is 58.6 Å². The largest absolute Gasteiger partial charge is 0.496 e. The van der Waals surface area contributed by atoms with Crippen molar-refractivity contribution in [2.24, 2.45) is 0 Å². The number of methoxy groups -OCH3 is 1. The summed E-state index contributed by atoms with van der Waals surface area (Å²) in [5.74, 6) is -0.166. The first-order chi connectivity index (χ1) is 15.5. The van der Waals surface area contributed by atoms with E-state index in [1.54, 1.807) is 19.2 Å². The monoisotopic (exact) mass is 434 g/mol. The van der Waals surface area contributed by atoms with Gasteiger partial charge in [0.2, 0.25) is 11.8 Å². The summed E-state index contributed by atoms with van der Waals surface area (Å²) in [6.07, 6.45) is 0.360. The second-order valence-corrected chi connectivity index (χ2v) is 7.51. The van der Waals surface area contributed by atoms with Crippen molar-refractivity contribution in [3.05, 3.63) is 101 Å². The van der Waals surface area contributed by atoms with Crippen LogP contribution in [0.3, 0.4) is 0 Å². The minimum absolute atomic E-state index is 0.204. The molecule has 5 nitrogen and oxygen atoms in total. The van der Waals surface area contributed by atoms with Crippen LogP contribution >= 0.6 is 0 Å². The lowest BCUT2D eigenvalue weighted by molar-refractivity contribution is -0.139. The molecule has 0 aliphatic rings. The number of hydrogen-bond donors (Lipinski definition) is 1. The highest BCUT2D eigenvalue weighted by Gasteiger charge is 2.28. The highest BCUT2D eigenvalue weighted by atomic mass is 19.1. The molecule has 6 heteroatoms. The van der Waals surface area contributed by atoms with E-state index in [4.69, 9.17) is 4.74 Å². The Morgan fingerprint density at radius 2 is 1.59 bits per heavy atom. The van der Waals surface area contributed by atoms with Crippen molar-refractivity contribution in [2.45, 2.75) is 32.5 Å².